The highest BCUT2D eigenvalue weighted by Crippen LogP contribution is 2.35. The first kappa shape index (κ1) is 18.0. The molecule has 5 nitrogen and oxygen atoms in total. The first-order valence-electron chi connectivity index (χ1n) is 8.72. The summed E-state index contributed by atoms with van der Waals surface area (Å²) >= 11 is 0. The van der Waals surface area contributed by atoms with Crippen LogP contribution in [-0.2, 0) is 9.53 Å². The van der Waals surface area contributed by atoms with Gasteiger partial charge in [0, 0.05) is 5.69 Å². The Balaban J connectivity index is 2.14. The molecule has 1 fully saturated rings. The predicted octanol–water partition coefficient (Wildman–Crippen LogP) is 3.72. The zero-order chi connectivity index (χ0) is 19.0. The van der Waals surface area contributed by atoms with Gasteiger partial charge in [-0.2, -0.15) is 0 Å². The van der Waals surface area contributed by atoms with Gasteiger partial charge in [-0.15, -0.1) is 0 Å². The Bertz CT molecular complexity index is 835. The van der Waals surface area contributed by atoms with Crippen LogP contribution in [0.3, 0.4) is 0 Å². The van der Waals surface area contributed by atoms with E-state index in [1.807, 2.05) is 73.9 Å². The molecular formula is C21H25N3O2. The van der Waals surface area contributed by atoms with Gasteiger partial charge in [-0.05, 0) is 49.9 Å². The monoisotopic (exact) mass is 351 g/mol. The van der Waals surface area contributed by atoms with Gasteiger partial charge >= 0.3 is 5.97 Å². The Hall–Kier alpha value is -2.82. The lowest BCUT2D eigenvalue weighted by Crippen LogP contribution is -2.41. The standard InChI is InChI=1S/C21H25N3O2/c1-13-8-6-9-14(2)18(13)23-12-17(20(25)26-5)24(21(23)22)19-15(3)10-7-11-16(19)4/h6-11,17,22H,12H2,1-5H3. The molecule has 0 aliphatic carbocycles. The molecule has 3 rings (SSSR count). The van der Waals surface area contributed by atoms with Crippen LogP contribution < -0.4 is 9.80 Å². The van der Waals surface area contributed by atoms with Crippen LogP contribution in [0.5, 0.6) is 0 Å². The molecule has 0 amide bonds. The van der Waals surface area contributed by atoms with Gasteiger partial charge in [0.1, 0.15) is 0 Å². The Kier molecular flexibility index (Phi) is 4.72. The maximum absolute atomic E-state index is 12.5. The summed E-state index contributed by atoms with van der Waals surface area (Å²) in [6, 6.07) is 11.5. The Morgan fingerprint density at radius 2 is 1.42 bits per heavy atom. The first-order chi connectivity index (χ1) is 12.4. The number of esters is 1. The maximum atomic E-state index is 12.5. The summed E-state index contributed by atoms with van der Waals surface area (Å²) < 4.78 is 5.05. The SMILES string of the molecule is COC(=O)C1CN(c2c(C)cccc2C)C(=N)N1c1c(C)cccc1C. The van der Waals surface area contributed by atoms with Crippen molar-refractivity contribution in [2.75, 3.05) is 23.5 Å². The van der Waals surface area contributed by atoms with E-state index in [1.165, 1.54) is 7.11 Å². The van der Waals surface area contributed by atoms with E-state index in [9.17, 15) is 4.79 Å². The van der Waals surface area contributed by atoms with Crippen molar-refractivity contribution in [1.29, 1.82) is 5.41 Å². The van der Waals surface area contributed by atoms with Crippen molar-refractivity contribution >= 4 is 23.3 Å². The molecule has 5 heteroatoms. The van der Waals surface area contributed by atoms with E-state index in [0.717, 1.165) is 33.6 Å². The van der Waals surface area contributed by atoms with Crippen LogP contribution in [0.25, 0.3) is 0 Å². The summed E-state index contributed by atoms with van der Waals surface area (Å²) in [6.45, 7) is 8.47. The summed E-state index contributed by atoms with van der Waals surface area (Å²) in [4.78, 5) is 16.2. The van der Waals surface area contributed by atoms with Crippen LogP contribution in [0.4, 0.5) is 11.4 Å². The van der Waals surface area contributed by atoms with E-state index >= 15 is 0 Å². The van der Waals surface area contributed by atoms with Crippen molar-refractivity contribution in [1.82, 2.24) is 0 Å². The number of para-hydroxylation sites is 2. The highest BCUT2D eigenvalue weighted by Gasteiger charge is 2.43. The molecule has 0 bridgehead atoms. The van der Waals surface area contributed by atoms with Gasteiger partial charge in [0.2, 0.25) is 5.96 Å². The molecule has 0 aromatic heterocycles. The molecular weight excluding hydrogens is 326 g/mol. The van der Waals surface area contributed by atoms with Gasteiger partial charge < -0.3 is 9.64 Å². The van der Waals surface area contributed by atoms with E-state index in [2.05, 4.69) is 0 Å². The largest absolute Gasteiger partial charge is 0.467 e. The Morgan fingerprint density at radius 3 is 1.88 bits per heavy atom. The van der Waals surface area contributed by atoms with Crippen molar-refractivity contribution in [3.05, 3.63) is 58.7 Å². The molecule has 1 unspecified atom stereocenters. The molecule has 136 valence electrons. The van der Waals surface area contributed by atoms with Crippen molar-refractivity contribution in [2.24, 2.45) is 0 Å². The second kappa shape index (κ2) is 6.83. The van der Waals surface area contributed by atoms with Gasteiger partial charge in [0.05, 0.1) is 19.3 Å². The van der Waals surface area contributed by atoms with Gasteiger partial charge in [0.15, 0.2) is 6.04 Å². The zero-order valence-electron chi connectivity index (χ0n) is 16.0. The predicted molar refractivity (Wildman–Crippen MR) is 105 cm³/mol. The average Bonchev–Trinajstić information content (AvgIpc) is 2.92. The average molecular weight is 351 g/mol. The second-order valence-corrected chi connectivity index (χ2v) is 6.82. The number of anilines is 2. The number of hydrogen-bond acceptors (Lipinski definition) is 3. The number of hydrogen-bond donors (Lipinski definition) is 1. The third-order valence-electron chi connectivity index (χ3n) is 5.01. The number of nitrogens with one attached hydrogen (secondary N) is 1. The van der Waals surface area contributed by atoms with E-state index in [4.69, 9.17) is 10.1 Å². The van der Waals surface area contributed by atoms with Crippen LogP contribution in [-0.4, -0.2) is 31.6 Å². The number of rotatable bonds is 3. The third-order valence-corrected chi connectivity index (χ3v) is 5.01. The molecule has 1 N–H and O–H groups in total. The topological polar surface area (TPSA) is 56.6 Å². The maximum Gasteiger partial charge on any atom is 0.330 e. The minimum atomic E-state index is -0.550. The molecule has 1 atom stereocenters. The molecule has 1 saturated heterocycles. The Morgan fingerprint density at radius 1 is 0.962 bits per heavy atom. The molecule has 0 spiro atoms. The fourth-order valence-corrected chi connectivity index (χ4v) is 3.81. The third kappa shape index (κ3) is 2.83. The number of guanidine groups is 1. The fourth-order valence-electron chi connectivity index (χ4n) is 3.81. The van der Waals surface area contributed by atoms with Crippen LogP contribution in [0, 0.1) is 33.1 Å². The van der Waals surface area contributed by atoms with E-state index in [1.54, 1.807) is 0 Å². The minimum absolute atomic E-state index is 0.301. The van der Waals surface area contributed by atoms with Crippen molar-refractivity contribution in [3.63, 3.8) is 0 Å². The first-order valence-corrected chi connectivity index (χ1v) is 8.72. The van der Waals surface area contributed by atoms with Crippen molar-refractivity contribution in [2.45, 2.75) is 33.7 Å². The lowest BCUT2D eigenvalue weighted by molar-refractivity contribution is -0.141. The quantitative estimate of drug-likeness (QED) is 0.856. The molecule has 2 aromatic carbocycles. The number of nitrogens with zero attached hydrogens (tertiary/aromatic N) is 2. The van der Waals surface area contributed by atoms with E-state index < -0.39 is 6.04 Å². The summed E-state index contributed by atoms with van der Waals surface area (Å²) in [6.07, 6.45) is 0. The number of carbonyl (C=O) groups excluding carboxylic acids is 1. The summed E-state index contributed by atoms with van der Waals surface area (Å²) in [5.41, 5.74) is 6.13. The Labute approximate surface area is 154 Å². The molecule has 1 aliphatic heterocycles. The number of methoxy groups -OCH3 is 1. The lowest BCUT2D eigenvalue weighted by Gasteiger charge is -2.28. The molecule has 1 heterocycles. The summed E-state index contributed by atoms with van der Waals surface area (Å²) in [5.74, 6) is -0.0265. The number of carbonyl (C=O) groups is 1. The van der Waals surface area contributed by atoms with Gasteiger partial charge in [-0.3, -0.25) is 10.3 Å². The second-order valence-electron chi connectivity index (χ2n) is 6.82. The fraction of sp³-hybridized carbons (Fsp3) is 0.333. The summed E-state index contributed by atoms with van der Waals surface area (Å²) in [5, 5.41) is 8.87. The van der Waals surface area contributed by atoms with Gasteiger partial charge in [0.25, 0.3) is 0 Å². The lowest BCUT2D eigenvalue weighted by atomic mass is 10.1. The van der Waals surface area contributed by atoms with Crippen LogP contribution >= 0.6 is 0 Å². The van der Waals surface area contributed by atoms with Crippen LogP contribution in [0.15, 0.2) is 36.4 Å². The van der Waals surface area contributed by atoms with Crippen LogP contribution in [0.2, 0.25) is 0 Å². The van der Waals surface area contributed by atoms with E-state index in [0.29, 0.717) is 12.5 Å². The zero-order valence-corrected chi connectivity index (χ0v) is 16.0. The highest BCUT2D eigenvalue weighted by molar-refractivity contribution is 6.13. The highest BCUT2D eigenvalue weighted by atomic mass is 16.5. The molecule has 1 aliphatic rings. The normalized spacial score (nSPS) is 17.0. The molecule has 26 heavy (non-hydrogen) atoms. The molecule has 2 aromatic rings. The van der Waals surface area contributed by atoms with E-state index in [-0.39, 0.29) is 5.97 Å². The van der Waals surface area contributed by atoms with Crippen molar-refractivity contribution in [3.8, 4) is 0 Å². The van der Waals surface area contributed by atoms with Gasteiger partial charge in [-0.25, -0.2) is 4.79 Å². The molecule has 0 radical (unpaired) electrons. The number of ether oxygens (including phenoxy) is 1. The van der Waals surface area contributed by atoms with Gasteiger partial charge in [-0.1, -0.05) is 36.4 Å². The number of benzene rings is 2. The van der Waals surface area contributed by atoms with Crippen molar-refractivity contribution < 1.29 is 9.53 Å². The minimum Gasteiger partial charge on any atom is -0.467 e. The molecule has 0 saturated carbocycles. The van der Waals surface area contributed by atoms with Crippen LogP contribution in [0.1, 0.15) is 22.3 Å². The summed E-state index contributed by atoms with van der Waals surface area (Å²) in [7, 11) is 1.40. The smallest absolute Gasteiger partial charge is 0.330 e. The number of aryl methyl sites for hydroxylation is 4.